The third-order valence-electron chi connectivity index (χ3n) is 12.9. The van der Waals surface area contributed by atoms with E-state index in [4.69, 9.17) is 43.5 Å². The van der Waals surface area contributed by atoms with Gasteiger partial charge >= 0.3 is 36.4 Å². The number of benzene rings is 3. The van der Waals surface area contributed by atoms with Crippen LogP contribution in [-0.4, -0.2) is 54.7 Å². The Kier molecular flexibility index (Phi) is 17.4. The molecule has 15 nitrogen and oxygen atoms in total. The quantitative estimate of drug-likeness (QED) is 0.0723. The van der Waals surface area contributed by atoms with Gasteiger partial charge < -0.3 is 14.2 Å². The standard InChI is InChI=1S/C49H58O15/c1-4-31-7-13-37(14-8-31)44(50)59-62-47(53)56-40-25-19-34(20-26-40)43(35-21-27-41(28-22-35)57-48(54)63-60-45(51)38-15-9-32(5-2)10-16-38)36-23-29-42(30-24-36)58-49(55)64-61-46(52)39-17-11-33(6-3)12-18-39/h7-18,34-36,40-43H,4-6,19-30H2,1-3H3. The molecule has 64 heavy (non-hydrogen) atoms. The van der Waals surface area contributed by atoms with E-state index >= 15 is 0 Å². The van der Waals surface area contributed by atoms with E-state index in [1.807, 2.05) is 20.8 Å². The predicted molar refractivity (Wildman–Crippen MR) is 227 cm³/mol. The monoisotopic (exact) mass is 886 g/mol. The lowest BCUT2D eigenvalue weighted by atomic mass is 9.61. The van der Waals surface area contributed by atoms with Gasteiger partial charge in [0.25, 0.3) is 0 Å². The summed E-state index contributed by atoms with van der Waals surface area (Å²) in [5.41, 5.74) is 3.92. The first-order valence-corrected chi connectivity index (χ1v) is 22.6. The highest BCUT2D eigenvalue weighted by molar-refractivity contribution is 5.90. The number of carbonyl (C=O) groups is 6. The Labute approximate surface area is 373 Å². The van der Waals surface area contributed by atoms with Crippen molar-refractivity contribution in [2.75, 3.05) is 0 Å². The molecule has 0 aliphatic heterocycles. The fraction of sp³-hybridized carbons (Fsp3) is 0.510. The maximum atomic E-state index is 12.5. The molecule has 0 amide bonds. The van der Waals surface area contributed by atoms with Gasteiger partial charge in [-0.3, -0.25) is 0 Å². The van der Waals surface area contributed by atoms with Crippen LogP contribution in [0.15, 0.2) is 72.8 Å². The summed E-state index contributed by atoms with van der Waals surface area (Å²) in [5, 5.41) is 0. The largest absolute Gasteiger partial charge is 0.550 e. The maximum absolute atomic E-state index is 12.5. The first-order chi connectivity index (χ1) is 31.0. The maximum Gasteiger partial charge on any atom is 0.550 e. The lowest BCUT2D eigenvalue weighted by Crippen LogP contribution is -2.39. The molecule has 0 spiro atoms. The van der Waals surface area contributed by atoms with Crippen LogP contribution in [0.1, 0.15) is 146 Å². The number of aryl methyl sites for hydroxylation is 3. The molecular weight excluding hydrogens is 829 g/mol. The van der Waals surface area contributed by atoms with Gasteiger partial charge in [0.05, 0.1) is 16.7 Å². The molecule has 3 aliphatic carbocycles. The topological polar surface area (TPSA) is 185 Å². The molecule has 3 fully saturated rings. The van der Waals surface area contributed by atoms with Crippen LogP contribution in [0.4, 0.5) is 14.4 Å². The zero-order valence-corrected chi connectivity index (χ0v) is 36.7. The number of carbonyl (C=O) groups excluding carboxylic acids is 6. The molecule has 6 rings (SSSR count). The minimum atomic E-state index is -1.08. The van der Waals surface area contributed by atoms with E-state index in [2.05, 4.69) is 0 Å². The Balaban J connectivity index is 0.989. The Hall–Kier alpha value is -6.12. The van der Waals surface area contributed by atoms with Gasteiger partial charge in [-0.15, -0.1) is 0 Å². The normalized spacial score (nSPS) is 22.4. The van der Waals surface area contributed by atoms with Crippen LogP contribution in [0.25, 0.3) is 0 Å². The van der Waals surface area contributed by atoms with Crippen molar-refractivity contribution in [1.82, 2.24) is 0 Å². The summed E-state index contributed by atoms with van der Waals surface area (Å²) in [5.74, 6) is -1.20. The average molecular weight is 887 g/mol. The predicted octanol–water partition coefficient (Wildman–Crippen LogP) is 10.7. The number of ether oxygens (including phenoxy) is 3. The highest BCUT2D eigenvalue weighted by atomic mass is 17.2. The Morgan fingerprint density at radius 1 is 0.375 bits per heavy atom. The van der Waals surface area contributed by atoms with Crippen molar-refractivity contribution in [3.8, 4) is 0 Å². The lowest BCUT2D eigenvalue weighted by Gasteiger charge is -2.45. The van der Waals surface area contributed by atoms with Crippen molar-refractivity contribution in [2.45, 2.75) is 135 Å². The first-order valence-electron chi connectivity index (χ1n) is 22.6. The summed E-state index contributed by atoms with van der Waals surface area (Å²) in [7, 11) is 0. The van der Waals surface area contributed by atoms with Crippen molar-refractivity contribution < 1.29 is 72.3 Å². The van der Waals surface area contributed by atoms with Crippen LogP contribution in [0, 0.1) is 23.7 Å². The van der Waals surface area contributed by atoms with Crippen LogP contribution in [-0.2, 0) is 62.8 Å². The van der Waals surface area contributed by atoms with Gasteiger partial charge in [-0.05, 0) is 173 Å². The minimum absolute atomic E-state index is 0.252. The van der Waals surface area contributed by atoms with Gasteiger partial charge in [-0.25, -0.2) is 43.7 Å². The van der Waals surface area contributed by atoms with Crippen LogP contribution < -0.4 is 0 Å². The summed E-state index contributed by atoms with van der Waals surface area (Å²) >= 11 is 0. The fourth-order valence-corrected chi connectivity index (χ4v) is 9.39. The molecule has 0 radical (unpaired) electrons. The zero-order valence-electron chi connectivity index (χ0n) is 36.7. The smallest absolute Gasteiger partial charge is 0.428 e. The fourth-order valence-electron chi connectivity index (χ4n) is 9.39. The van der Waals surface area contributed by atoms with Gasteiger partial charge in [0.1, 0.15) is 18.3 Å². The van der Waals surface area contributed by atoms with Gasteiger partial charge in [0, 0.05) is 0 Å². The molecule has 0 bridgehead atoms. The second-order valence-electron chi connectivity index (χ2n) is 16.8. The van der Waals surface area contributed by atoms with Gasteiger partial charge in [-0.1, -0.05) is 57.2 Å². The lowest BCUT2D eigenvalue weighted by molar-refractivity contribution is -0.209. The number of hydrogen-bond acceptors (Lipinski definition) is 15. The van der Waals surface area contributed by atoms with E-state index in [-0.39, 0.29) is 22.6 Å². The Morgan fingerprint density at radius 3 is 0.828 bits per heavy atom. The molecular formula is C49H58O15. The van der Waals surface area contributed by atoms with E-state index in [0.717, 1.165) is 74.5 Å². The molecule has 0 aromatic heterocycles. The Morgan fingerprint density at radius 2 is 0.609 bits per heavy atom. The van der Waals surface area contributed by atoms with Crippen LogP contribution >= 0.6 is 0 Å². The van der Waals surface area contributed by atoms with E-state index < -0.39 is 54.7 Å². The van der Waals surface area contributed by atoms with E-state index in [1.165, 1.54) is 0 Å². The third-order valence-corrected chi connectivity index (χ3v) is 12.9. The van der Waals surface area contributed by atoms with Crippen molar-refractivity contribution in [3.63, 3.8) is 0 Å². The summed E-state index contributed by atoms with van der Waals surface area (Å²) < 4.78 is 16.7. The first kappa shape index (κ1) is 47.4. The molecule has 0 unspecified atom stereocenters. The molecule has 0 heterocycles. The highest BCUT2D eigenvalue weighted by Crippen LogP contribution is 2.48. The van der Waals surface area contributed by atoms with E-state index in [9.17, 15) is 28.8 Å². The summed E-state index contributed by atoms with van der Waals surface area (Å²) in [4.78, 5) is 103. The molecule has 3 aromatic rings. The molecule has 3 aliphatic rings. The van der Waals surface area contributed by atoms with E-state index in [0.29, 0.717) is 56.3 Å². The van der Waals surface area contributed by atoms with Gasteiger partial charge in [0.2, 0.25) is 0 Å². The van der Waals surface area contributed by atoms with Gasteiger partial charge in [-0.2, -0.15) is 14.4 Å². The molecule has 0 atom stereocenters. The third kappa shape index (κ3) is 13.7. The highest BCUT2D eigenvalue weighted by Gasteiger charge is 2.42. The second kappa shape index (κ2) is 23.5. The number of rotatable bonds is 12. The summed E-state index contributed by atoms with van der Waals surface area (Å²) in [6, 6.07) is 20.5. The Bertz CT molecular complexity index is 1770. The van der Waals surface area contributed by atoms with Crippen molar-refractivity contribution in [3.05, 3.63) is 106 Å². The second-order valence-corrected chi connectivity index (χ2v) is 16.8. The number of hydrogen-bond donors (Lipinski definition) is 0. The summed E-state index contributed by atoms with van der Waals surface area (Å²) in [6.07, 6.45) is 6.31. The van der Waals surface area contributed by atoms with Crippen LogP contribution in [0.2, 0.25) is 0 Å². The minimum Gasteiger partial charge on any atom is -0.428 e. The molecule has 15 heteroatoms. The van der Waals surface area contributed by atoms with E-state index in [1.54, 1.807) is 72.8 Å². The van der Waals surface area contributed by atoms with Crippen molar-refractivity contribution in [2.24, 2.45) is 23.7 Å². The molecule has 0 N–H and O–H groups in total. The van der Waals surface area contributed by atoms with Crippen LogP contribution in [0.5, 0.6) is 0 Å². The zero-order chi connectivity index (χ0) is 45.4. The average Bonchev–Trinajstić information content (AvgIpc) is 3.33. The van der Waals surface area contributed by atoms with Crippen LogP contribution in [0.3, 0.4) is 0 Å². The molecule has 0 saturated heterocycles. The molecule has 3 aromatic carbocycles. The van der Waals surface area contributed by atoms with Gasteiger partial charge in [0.15, 0.2) is 0 Å². The van der Waals surface area contributed by atoms with Crippen molar-refractivity contribution in [1.29, 1.82) is 0 Å². The SMILES string of the molecule is CCc1ccc(C(=O)OOC(=O)OC2CCC(C(C3CCC(OC(=O)OOC(=O)c4ccc(CC)cc4)CC3)C3CCC(OC(=O)OOC(=O)c4ccc(CC)cc4)CC3)CC2)cc1. The summed E-state index contributed by atoms with van der Waals surface area (Å²) in [6.45, 7) is 6.01. The molecule has 344 valence electrons. The van der Waals surface area contributed by atoms with Crippen molar-refractivity contribution >= 4 is 36.4 Å². The molecule has 3 saturated carbocycles.